The summed E-state index contributed by atoms with van der Waals surface area (Å²) in [6.45, 7) is 1.99. The van der Waals surface area contributed by atoms with E-state index in [9.17, 15) is 9.90 Å². The highest BCUT2D eigenvalue weighted by molar-refractivity contribution is 9.10. The third kappa shape index (κ3) is 3.69. The second kappa shape index (κ2) is 7.70. The number of benzene rings is 2. The van der Waals surface area contributed by atoms with Crippen LogP contribution in [-0.2, 0) is 6.42 Å². The van der Waals surface area contributed by atoms with E-state index in [1.54, 1.807) is 0 Å². The first kappa shape index (κ1) is 17.5. The molecule has 1 N–H and O–H groups in total. The van der Waals surface area contributed by atoms with Gasteiger partial charge in [0.15, 0.2) is 0 Å². The summed E-state index contributed by atoms with van der Waals surface area (Å²) in [5.41, 5.74) is 1.81. The first-order valence-electron chi connectivity index (χ1n) is 8.25. The third-order valence-electron chi connectivity index (χ3n) is 4.31. The zero-order valence-electron chi connectivity index (χ0n) is 13.9. The number of hydrogen-bond acceptors (Lipinski definition) is 3. The van der Waals surface area contributed by atoms with Gasteiger partial charge in [-0.15, -0.1) is 0 Å². The van der Waals surface area contributed by atoms with Gasteiger partial charge in [0.05, 0.1) is 10.0 Å². The number of halogens is 1. The molecular formula is C21H19BrO3. The lowest BCUT2D eigenvalue weighted by atomic mass is 9.89. The van der Waals surface area contributed by atoms with Gasteiger partial charge >= 0.3 is 5.63 Å². The Morgan fingerprint density at radius 3 is 2.24 bits per heavy atom. The molecule has 1 unspecified atom stereocenters. The third-order valence-corrected chi connectivity index (χ3v) is 5.13. The maximum atomic E-state index is 12.6. The average Bonchev–Trinajstić information content (AvgIpc) is 2.64. The van der Waals surface area contributed by atoms with Crippen LogP contribution in [0, 0.1) is 0 Å². The Morgan fingerprint density at radius 1 is 1.04 bits per heavy atom. The fourth-order valence-electron chi connectivity index (χ4n) is 3.05. The number of aromatic hydroxyl groups is 1. The smallest absolute Gasteiger partial charge is 0.343 e. The molecular weight excluding hydrogens is 380 g/mol. The van der Waals surface area contributed by atoms with Crippen molar-refractivity contribution in [2.24, 2.45) is 0 Å². The van der Waals surface area contributed by atoms with Crippen LogP contribution in [0.1, 0.15) is 41.7 Å². The molecule has 3 aromatic rings. The van der Waals surface area contributed by atoms with E-state index < -0.39 is 5.63 Å². The zero-order chi connectivity index (χ0) is 17.8. The highest BCUT2D eigenvalue weighted by Crippen LogP contribution is 2.37. The summed E-state index contributed by atoms with van der Waals surface area (Å²) < 4.78 is 6.01. The van der Waals surface area contributed by atoms with Gasteiger partial charge in [-0.25, -0.2) is 4.79 Å². The highest BCUT2D eigenvalue weighted by Gasteiger charge is 2.25. The Hall–Kier alpha value is -2.33. The molecule has 0 fully saturated rings. The van der Waals surface area contributed by atoms with E-state index in [-0.39, 0.29) is 11.7 Å². The summed E-state index contributed by atoms with van der Waals surface area (Å²) in [5.74, 6) is 0.192. The molecule has 3 rings (SSSR count). The Balaban J connectivity index is 2.05. The maximum absolute atomic E-state index is 12.6. The maximum Gasteiger partial charge on any atom is 0.343 e. The van der Waals surface area contributed by atoms with Crippen LogP contribution in [-0.4, -0.2) is 5.11 Å². The van der Waals surface area contributed by atoms with Crippen molar-refractivity contribution in [1.82, 2.24) is 0 Å². The van der Waals surface area contributed by atoms with Crippen molar-refractivity contribution in [3.8, 4) is 5.75 Å². The molecule has 0 aliphatic carbocycles. The van der Waals surface area contributed by atoms with Crippen molar-refractivity contribution in [2.45, 2.75) is 25.7 Å². The summed E-state index contributed by atoms with van der Waals surface area (Å²) in [6.07, 6.45) is 1.12. The Bertz CT molecular complexity index is 902. The molecule has 0 spiro atoms. The largest absolute Gasteiger partial charge is 0.506 e. The molecule has 1 heterocycles. The lowest BCUT2D eigenvalue weighted by molar-refractivity contribution is 0.405. The van der Waals surface area contributed by atoms with Crippen molar-refractivity contribution in [2.75, 3.05) is 0 Å². The SMILES string of the molecule is CCC(c1ccccc1)c1c(O)c(Br)c(Cc2ccccc2)oc1=O. The lowest BCUT2D eigenvalue weighted by Gasteiger charge is -2.17. The van der Waals surface area contributed by atoms with E-state index in [1.165, 1.54) is 0 Å². The van der Waals surface area contributed by atoms with Gasteiger partial charge in [-0.05, 0) is 33.5 Å². The Kier molecular flexibility index (Phi) is 5.39. The summed E-state index contributed by atoms with van der Waals surface area (Å²) in [7, 11) is 0. The number of rotatable bonds is 5. The van der Waals surface area contributed by atoms with Crippen LogP contribution in [0.15, 0.2) is 74.3 Å². The minimum Gasteiger partial charge on any atom is -0.506 e. The van der Waals surface area contributed by atoms with Crippen molar-refractivity contribution in [1.29, 1.82) is 0 Å². The van der Waals surface area contributed by atoms with Gasteiger partial charge in [0.1, 0.15) is 11.5 Å². The van der Waals surface area contributed by atoms with Crippen LogP contribution in [0.3, 0.4) is 0 Å². The lowest BCUT2D eigenvalue weighted by Crippen LogP contribution is -2.15. The first-order valence-corrected chi connectivity index (χ1v) is 9.04. The molecule has 1 aromatic heterocycles. The highest BCUT2D eigenvalue weighted by atomic mass is 79.9. The second-order valence-corrected chi connectivity index (χ2v) is 6.72. The monoisotopic (exact) mass is 398 g/mol. The average molecular weight is 399 g/mol. The van der Waals surface area contributed by atoms with E-state index in [1.807, 2.05) is 67.6 Å². The minimum atomic E-state index is -0.484. The van der Waals surface area contributed by atoms with Crippen LogP contribution >= 0.6 is 15.9 Å². The van der Waals surface area contributed by atoms with Gasteiger partial charge in [0.2, 0.25) is 0 Å². The van der Waals surface area contributed by atoms with Crippen molar-refractivity contribution in [3.05, 3.63) is 98.0 Å². The summed E-state index contributed by atoms with van der Waals surface area (Å²) in [4.78, 5) is 12.6. The van der Waals surface area contributed by atoms with Crippen LogP contribution < -0.4 is 5.63 Å². The number of hydrogen-bond donors (Lipinski definition) is 1. The Labute approximate surface area is 155 Å². The normalized spacial score (nSPS) is 12.1. The Morgan fingerprint density at radius 2 is 1.64 bits per heavy atom. The van der Waals surface area contributed by atoms with E-state index in [0.29, 0.717) is 28.6 Å². The molecule has 128 valence electrons. The standard InChI is InChI=1S/C21H19BrO3/c1-2-16(15-11-7-4-8-12-15)18-20(23)19(22)17(25-21(18)24)13-14-9-5-3-6-10-14/h3-12,16,23H,2,13H2,1H3. The van der Waals surface area contributed by atoms with Crippen molar-refractivity contribution >= 4 is 15.9 Å². The fraction of sp³-hybridized carbons (Fsp3) is 0.190. The minimum absolute atomic E-state index is 0.0297. The fourth-order valence-corrected chi connectivity index (χ4v) is 3.49. The summed E-state index contributed by atoms with van der Waals surface area (Å²) >= 11 is 3.41. The molecule has 0 bridgehead atoms. The molecule has 0 radical (unpaired) electrons. The molecule has 4 heteroatoms. The molecule has 0 amide bonds. The quantitative estimate of drug-likeness (QED) is 0.638. The topological polar surface area (TPSA) is 50.4 Å². The van der Waals surface area contributed by atoms with Crippen molar-refractivity contribution < 1.29 is 9.52 Å². The predicted molar refractivity (Wildman–Crippen MR) is 102 cm³/mol. The molecule has 25 heavy (non-hydrogen) atoms. The summed E-state index contributed by atoms with van der Waals surface area (Å²) in [6, 6.07) is 19.4. The zero-order valence-corrected chi connectivity index (χ0v) is 15.5. The summed E-state index contributed by atoms with van der Waals surface area (Å²) in [5, 5.41) is 10.7. The molecule has 0 aliphatic heterocycles. The van der Waals surface area contributed by atoms with Gasteiger partial charge in [-0.3, -0.25) is 0 Å². The van der Waals surface area contributed by atoms with Gasteiger partial charge in [0.25, 0.3) is 0 Å². The van der Waals surface area contributed by atoms with E-state index in [0.717, 1.165) is 11.1 Å². The van der Waals surface area contributed by atoms with Crippen LogP contribution in [0.5, 0.6) is 5.75 Å². The first-order chi connectivity index (χ1) is 12.1. The molecule has 0 saturated carbocycles. The van der Waals surface area contributed by atoms with Crippen LogP contribution in [0.25, 0.3) is 0 Å². The van der Waals surface area contributed by atoms with Crippen LogP contribution in [0.4, 0.5) is 0 Å². The predicted octanol–water partition coefficient (Wildman–Crippen LogP) is 5.24. The molecule has 0 aliphatic rings. The van der Waals surface area contributed by atoms with E-state index in [2.05, 4.69) is 15.9 Å². The van der Waals surface area contributed by atoms with Gasteiger partial charge in [0, 0.05) is 12.3 Å². The van der Waals surface area contributed by atoms with Crippen LogP contribution in [0.2, 0.25) is 0 Å². The van der Waals surface area contributed by atoms with Gasteiger partial charge < -0.3 is 9.52 Å². The van der Waals surface area contributed by atoms with Crippen molar-refractivity contribution in [3.63, 3.8) is 0 Å². The molecule has 2 aromatic carbocycles. The van der Waals surface area contributed by atoms with E-state index in [4.69, 9.17) is 4.42 Å². The van der Waals surface area contributed by atoms with E-state index >= 15 is 0 Å². The molecule has 0 saturated heterocycles. The molecule has 1 atom stereocenters. The second-order valence-electron chi connectivity index (χ2n) is 5.92. The van der Waals surface area contributed by atoms with Gasteiger partial charge in [-0.1, -0.05) is 67.6 Å². The molecule has 3 nitrogen and oxygen atoms in total. The van der Waals surface area contributed by atoms with Gasteiger partial charge in [-0.2, -0.15) is 0 Å².